The first-order chi connectivity index (χ1) is 10.1. The van der Waals surface area contributed by atoms with Crippen LogP contribution < -0.4 is 5.32 Å². The predicted molar refractivity (Wildman–Crippen MR) is 85.6 cm³/mol. The predicted octanol–water partition coefficient (Wildman–Crippen LogP) is 3.19. The number of carbonyl (C=O) groups is 1. The van der Waals surface area contributed by atoms with Crippen LogP contribution in [0.1, 0.15) is 44.1 Å². The van der Waals surface area contributed by atoms with Gasteiger partial charge in [0.05, 0.1) is 0 Å². The lowest BCUT2D eigenvalue weighted by Crippen LogP contribution is -2.48. The standard InChI is InChI=1S/C17H23ClN2O/c1-12(11-20-7-3-6-17(20)21)19-16-9-14(10-16)13-4-2-5-15(18)8-13/h2,4-5,8,12,14,16,19H,3,6-7,9-11H2,1H3. The number of halogens is 1. The van der Waals surface area contributed by atoms with Gasteiger partial charge in [-0.15, -0.1) is 0 Å². The van der Waals surface area contributed by atoms with Crippen molar-refractivity contribution in [2.75, 3.05) is 13.1 Å². The minimum absolute atomic E-state index is 0.314. The van der Waals surface area contributed by atoms with Crippen LogP contribution in [0.3, 0.4) is 0 Å². The molecule has 2 fully saturated rings. The third kappa shape index (κ3) is 3.58. The molecule has 0 bridgehead atoms. The Labute approximate surface area is 131 Å². The molecular weight excluding hydrogens is 284 g/mol. The molecule has 1 N–H and O–H groups in total. The first-order valence-corrected chi connectivity index (χ1v) is 8.29. The van der Waals surface area contributed by atoms with Gasteiger partial charge in [-0.25, -0.2) is 0 Å². The van der Waals surface area contributed by atoms with Crippen LogP contribution in [0.15, 0.2) is 24.3 Å². The molecule has 114 valence electrons. The van der Waals surface area contributed by atoms with E-state index < -0.39 is 0 Å². The second-order valence-corrected chi connectivity index (χ2v) is 6.87. The first kappa shape index (κ1) is 14.9. The van der Waals surface area contributed by atoms with Crippen LogP contribution in [0.2, 0.25) is 5.02 Å². The lowest BCUT2D eigenvalue weighted by atomic mass is 9.75. The third-order valence-electron chi connectivity index (χ3n) is 4.64. The SMILES string of the molecule is CC(CN1CCCC1=O)NC1CC(c2cccc(Cl)c2)C1. The highest BCUT2D eigenvalue weighted by atomic mass is 35.5. The zero-order chi connectivity index (χ0) is 14.8. The van der Waals surface area contributed by atoms with Gasteiger partial charge in [0, 0.05) is 36.6 Å². The fourth-order valence-corrected chi connectivity index (χ4v) is 3.67. The fraction of sp³-hybridized carbons (Fsp3) is 0.588. The number of nitrogens with zero attached hydrogens (tertiary/aromatic N) is 1. The summed E-state index contributed by atoms with van der Waals surface area (Å²) >= 11 is 6.05. The first-order valence-electron chi connectivity index (χ1n) is 7.91. The Hall–Kier alpha value is -1.06. The lowest BCUT2D eigenvalue weighted by Gasteiger charge is -2.38. The van der Waals surface area contributed by atoms with Crippen LogP contribution in [0.4, 0.5) is 0 Å². The molecule has 1 amide bonds. The van der Waals surface area contributed by atoms with E-state index in [0.29, 0.717) is 23.9 Å². The lowest BCUT2D eigenvalue weighted by molar-refractivity contribution is -0.128. The van der Waals surface area contributed by atoms with Crippen LogP contribution in [0.25, 0.3) is 0 Å². The molecule has 0 spiro atoms. The molecule has 1 aliphatic carbocycles. The molecule has 2 aliphatic rings. The van der Waals surface area contributed by atoms with E-state index in [4.69, 9.17) is 11.6 Å². The molecule has 3 nitrogen and oxygen atoms in total. The number of benzene rings is 1. The molecule has 1 aliphatic heterocycles. The summed E-state index contributed by atoms with van der Waals surface area (Å²) in [6.45, 7) is 3.95. The van der Waals surface area contributed by atoms with Crippen molar-refractivity contribution in [2.24, 2.45) is 0 Å². The summed E-state index contributed by atoms with van der Waals surface area (Å²) in [5.41, 5.74) is 1.35. The molecule has 1 atom stereocenters. The highest BCUT2D eigenvalue weighted by Crippen LogP contribution is 2.37. The van der Waals surface area contributed by atoms with Crippen LogP contribution in [0.5, 0.6) is 0 Å². The van der Waals surface area contributed by atoms with Gasteiger partial charge in [-0.2, -0.15) is 0 Å². The minimum Gasteiger partial charge on any atom is -0.341 e. The van der Waals surface area contributed by atoms with Crippen molar-refractivity contribution in [3.05, 3.63) is 34.9 Å². The molecule has 0 aromatic heterocycles. The Kier molecular flexibility index (Phi) is 4.51. The van der Waals surface area contributed by atoms with E-state index in [1.165, 1.54) is 18.4 Å². The Bertz CT molecular complexity index is 513. The highest BCUT2D eigenvalue weighted by Gasteiger charge is 2.31. The molecule has 0 radical (unpaired) electrons. The van der Waals surface area contributed by atoms with Crippen molar-refractivity contribution >= 4 is 17.5 Å². The average Bonchev–Trinajstić information content (AvgIpc) is 2.79. The van der Waals surface area contributed by atoms with E-state index in [1.807, 2.05) is 17.0 Å². The van der Waals surface area contributed by atoms with Gasteiger partial charge in [0.15, 0.2) is 0 Å². The molecule has 3 rings (SSSR count). The maximum absolute atomic E-state index is 11.6. The van der Waals surface area contributed by atoms with E-state index in [2.05, 4.69) is 24.4 Å². The van der Waals surface area contributed by atoms with Gasteiger partial charge >= 0.3 is 0 Å². The molecular formula is C17H23ClN2O. The Balaban J connectivity index is 1.43. The van der Waals surface area contributed by atoms with Gasteiger partial charge in [0.1, 0.15) is 0 Å². The smallest absolute Gasteiger partial charge is 0.222 e. The second-order valence-electron chi connectivity index (χ2n) is 6.43. The summed E-state index contributed by atoms with van der Waals surface area (Å²) in [5, 5.41) is 4.48. The number of rotatable bonds is 5. The number of hydrogen-bond acceptors (Lipinski definition) is 2. The summed E-state index contributed by atoms with van der Waals surface area (Å²) < 4.78 is 0. The van der Waals surface area contributed by atoms with Crippen molar-refractivity contribution < 1.29 is 4.79 Å². The van der Waals surface area contributed by atoms with Gasteiger partial charge in [0.2, 0.25) is 5.91 Å². The Morgan fingerprint density at radius 2 is 2.24 bits per heavy atom. The van der Waals surface area contributed by atoms with Gasteiger partial charge < -0.3 is 10.2 Å². The topological polar surface area (TPSA) is 32.3 Å². The van der Waals surface area contributed by atoms with E-state index in [-0.39, 0.29) is 0 Å². The molecule has 1 saturated carbocycles. The van der Waals surface area contributed by atoms with E-state index in [0.717, 1.165) is 31.0 Å². The molecule has 1 saturated heterocycles. The number of amides is 1. The van der Waals surface area contributed by atoms with Crippen molar-refractivity contribution in [3.8, 4) is 0 Å². The second kappa shape index (κ2) is 6.37. The quantitative estimate of drug-likeness (QED) is 0.906. The fourth-order valence-electron chi connectivity index (χ4n) is 3.47. The van der Waals surface area contributed by atoms with Gasteiger partial charge in [-0.3, -0.25) is 4.79 Å². The zero-order valence-corrected chi connectivity index (χ0v) is 13.3. The Morgan fingerprint density at radius 3 is 2.90 bits per heavy atom. The largest absolute Gasteiger partial charge is 0.341 e. The van der Waals surface area contributed by atoms with Crippen LogP contribution in [-0.2, 0) is 4.79 Å². The zero-order valence-electron chi connectivity index (χ0n) is 12.5. The van der Waals surface area contributed by atoms with E-state index in [9.17, 15) is 4.79 Å². The maximum atomic E-state index is 11.6. The van der Waals surface area contributed by atoms with Crippen molar-refractivity contribution in [2.45, 2.75) is 50.6 Å². The highest BCUT2D eigenvalue weighted by molar-refractivity contribution is 6.30. The summed E-state index contributed by atoms with van der Waals surface area (Å²) in [4.78, 5) is 13.6. The van der Waals surface area contributed by atoms with Gasteiger partial charge in [-0.05, 0) is 49.8 Å². The normalized spacial score (nSPS) is 26.8. The third-order valence-corrected chi connectivity index (χ3v) is 4.88. The molecule has 1 aromatic carbocycles. The van der Waals surface area contributed by atoms with Crippen molar-refractivity contribution in [3.63, 3.8) is 0 Å². The molecule has 1 heterocycles. The number of nitrogens with one attached hydrogen (secondary N) is 1. The summed E-state index contributed by atoms with van der Waals surface area (Å²) in [7, 11) is 0. The van der Waals surface area contributed by atoms with Gasteiger partial charge in [-0.1, -0.05) is 23.7 Å². The van der Waals surface area contributed by atoms with E-state index >= 15 is 0 Å². The Morgan fingerprint density at radius 1 is 1.43 bits per heavy atom. The van der Waals surface area contributed by atoms with Crippen molar-refractivity contribution in [1.29, 1.82) is 0 Å². The number of likely N-dealkylation sites (tertiary alicyclic amines) is 1. The van der Waals surface area contributed by atoms with Crippen LogP contribution in [-0.4, -0.2) is 36.0 Å². The van der Waals surface area contributed by atoms with Crippen LogP contribution in [0, 0.1) is 0 Å². The maximum Gasteiger partial charge on any atom is 0.222 e. The number of carbonyl (C=O) groups excluding carboxylic acids is 1. The molecule has 1 unspecified atom stereocenters. The van der Waals surface area contributed by atoms with Crippen LogP contribution >= 0.6 is 11.6 Å². The monoisotopic (exact) mass is 306 g/mol. The molecule has 21 heavy (non-hydrogen) atoms. The summed E-state index contributed by atoms with van der Waals surface area (Å²) in [6, 6.07) is 9.14. The summed E-state index contributed by atoms with van der Waals surface area (Å²) in [6.07, 6.45) is 4.08. The summed E-state index contributed by atoms with van der Waals surface area (Å²) in [5.74, 6) is 0.941. The molecule has 4 heteroatoms. The van der Waals surface area contributed by atoms with E-state index in [1.54, 1.807) is 0 Å². The van der Waals surface area contributed by atoms with Gasteiger partial charge in [0.25, 0.3) is 0 Å². The van der Waals surface area contributed by atoms with Crippen molar-refractivity contribution in [1.82, 2.24) is 10.2 Å². The minimum atomic E-state index is 0.314. The number of hydrogen-bond donors (Lipinski definition) is 1. The molecule has 1 aromatic rings. The average molecular weight is 307 g/mol.